The van der Waals surface area contributed by atoms with E-state index in [-0.39, 0.29) is 0 Å². The number of pyridine rings is 1. The highest BCUT2D eigenvalue weighted by molar-refractivity contribution is 9.10. The van der Waals surface area contributed by atoms with E-state index in [1.807, 2.05) is 10.6 Å². The van der Waals surface area contributed by atoms with Gasteiger partial charge in [0.15, 0.2) is 4.60 Å². The topological polar surface area (TPSA) is 30.2 Å². The average molecular weight is 270 g/mol. The molecule has 0 saturated carbocycles. The van der Waals surface area contributed by atoms with Crippen LogP contribution in [0.25, 0.3) is 5.52 Å². The van der Waals surface area contributed by atoms with Gasteiger partial charge in [-0.15, -0.1) is 5.10 Å². The Bertz CT molecular complexity index is 472. The molecular formula is C9H12BrN3Si. The van der Waals surface area contributed by atoms with Crippen molar-refractivity contribution >= 4 is 34.8 Å². The minimum atomic E-state index is -1.34. The summed E-state index contributed by atoms with van der Waals surface area (Å²) >= 11 is 3.39. The first-order valence-corrected chi connectivity index (χ1v) is 8.80. The Kier molecular flexibility index (Phi) is 2.23. The average Bonchev–Trinajstić information content (AvgIpc) is 2.46. The first-order valence-electron chi connectivity index (χ1n) is 4.50. The van der Waals surface area contributed by atoms with E-state index >= 15 is 0 Å². The SMILES string of the molecule is C[Si](C)(C)c1cccc2c(Br)nnn12. The second-order valence-corrected chi connectivity index (χ2v) is 10.1. The number of aromatic nitrogens is 3. The van der Waals surface area contributed by atoms with Gasteiger partial charge in [0.25, 0.3) is 0 Å². The quantitative estimate of drug-likeness (QED) is 0.742. The maximum absolute atomic E-state index is 4.14. The van der Waals surface area contributed by atoms with Crippen molar-refractivity contribution in [2.75, 3.05) is 0 Å². The lowest BCUT2D eigenvalue weighted by Crippen LogP contribution is -2.42. The van der Waals surface area contributed by atoms with Crippen LogP contribution in [0.4, 0.5) is 0 Å². The summed E-state index contributed by atoms with van der Waals surface area (Å²) in [6.07, 6.45) is 0. The normalized spacial score (nSPS) is 12.3. The Hall–Kier alpha value is -0.683. The zero-order chi connectivity index (χ0) is 10.3. The third kappa shape index (κ3) is 1.50. The van der Waals surface area contributed by atoms with Gasteiger partial charge >= 0.3 is 0 Å². The van der Waals surface area contributed by atoms with E-state index in [1.165, 1.54) is 5.32 Å². The predicted octanol–water partition coefficient (Wildman–Crippen LogP) is 2.04. The molecule has 0 saturated heterocycles. The van der Waals surface area contributed by atoms with E-state index < -0.39 is 8.07 Å². The molecule has 74 valence electrons. The van der Waals surface area contributed by atoms with Gasteiger partial charge in [-0.05, 0) is 28.1 Å². The van der Waals surface area contributed by atoms with Crippen molar-refractivity contribution in [2.45, 2.75) is 19.6 Å². The van der Waals surface area contributed by atoms with Crippen molar-refractivity contribution in [3.63, 3.8) is 0 Å². The van der Waals surface area contributed by atoms with E-state index in [4.69, 9.17) is 0 Å². The van der Waals surface area contributed by atoms with Crippen molar-refractivity contribution in [3.05, 3.63) is 22.8 Å². The Morgan fingerprint density at radius 1 is 1.29 bits per heavy atom. The minimum absolute atomic E-state index is 0.817. The van der Waals surface area contributed by atoms with Crippen LogP contribution in [0.3, 0.4) is 0 Å². The summed E-state index contributed by atoms with van der Waals surface area (Å²) in [7, 11) is -1.34. The maximum Gasteiger partial charge on any atom is 0.156 e. The lowest BCUT2D eigenvalue weighted by atomic mass is 10.4. The Morgan fingerprint density at radius 3 is 2.64 bits per heavy atom. The van der Waals surface area contributed by atoms with Gasteiger partial charge in [0.1, 0.15) is 13.6 Å². The molecule has 0 aliphatic carbocycles. The van der Waals surface area contributed by atoms with Crippen LogP contribution in [0.1, 0.15) is 0 Å². The molecule has 0 atom stereocenters. The number of rotatable bonds is 1. The fraction of sp³-hybridized carbons (Fsp3) is 0.333. The lowest BCUT2D eigenvalue weighted by Gasteiger charge is -2.16. The van der Waals surface area contributed by atoms with Crippen LogP contribution < -0.4 is 5.32 Å². The minimum Gasteiger partial charge on any atom is -0.221 e. The number of nitrogens with zero attached hydrogens (tertiary/aromatic N) is 3. The van der Waals surface area contributed by atoms with Crippen LogP contribution in [-0.2, 0) is 0 Å². The Balaban J connectivity index is 2.79. The van der Waals surface area contributed by atoms with Gasteiger partial charge in [-0.2, -0.15) is 0 Å². The largest absolute Gasteiger partial charge is 0.221 e. The molecule has 0 unspecified atom stereocenters. The molecule has 0 bridgehead atoms. The van der Waals surface area contributed by atoms with E-state index in [0.717, 1.165) is 10.1 Å². The first kappa shape index (κ1) is 9.86. The van der Waals surface area contributed by atoms with Crippen LogP contribution >= 0.6 is 15.9 Å². The van der Waals surface area contributed by atoms with Gasteiger partial charge < -0.3 is 0 Å². The van der Waals surface area contributed by atoms with Gasteiger partial charge in [0.05, 0.1) is 0 Å². The van der Waals surface area contributed by atoms with E-state index in [9.17, 15) is 0 Å². The second kappa shape index (κ2) is 3.17. The maximum atomic E-state index is 4.14. The summed E-state index contributed by atoms with van der Waals surface area (Å²) in [4.78, 5) is 0. The fourth-order valence-corrected chi connectivity index (χ4v) is 3.22. The molecular weight excluding hydrogens is 258 g/mol. The summed E-state index contributed by atoms with van der Waals surface area (Å²) in [5.74, 6) is 0. The van der Waals surface area contributed by atoms with Gasteiger partial charge in [-0.3, -0.25) is 0 Å². The highest BCUT2D eigenvalue weighted by Crippen LogP contribution is 2.14. The Labute approximate surface area is 92.3 Å². The molecule has 3 nitrogen and oxygen atoms in total. The lowest BCUT2D eigenvalue weighted by molar-refractivity contribution is 0.867. The highest BCUT2D eigenvalue weighted by Gasteiger charge is 2.20. The van der Waals surface area contributed by atoms with E-state index in [2.05, 4.69) is 58.0 Å². The molecule has 14 heavy (non-hydrogen) atoms. The molecule has 0 radical (unpaired) electrons. The number of halogens is 1. The highest BCUT2D eigenvalue weighted by atomic mass is 79.9. The molecule has 5 heteroatoms. The fourth-order valence-electron chi connectivity index (χ4n) is 1.46. The second-order valence-electron chi connectivity index (χ2n) is 4.34. The summed E-state index contributed by atoms with van der Waals surface area (Å²) in [6.45, 7) is 6.91. The van der Waals surface area contributed by atoms with Crippen LogP contribution in [0, 0.1) is 0 Å². The van der Waals surface area contributed by atoms with Gasteiger partial charge in [-0.25, -0.2) is 4.52 Å². The third-order valence-electron chi connectivity index (χ3n) is 2.17. The molecule has 0 spiro atoms. The van der Waals surface area contributed by atoms with Crippen LogP contribution in [0.5, 0.6) is 0 Å². The molecule has 0 aliphatic heterocycles. The molecule has 2 aromatic rings. The van der Waals surface area contributed by atoms with Crippen LogP contribution in [0.15, 0.2) is 22.8 Å². The molecule has 0 amide bonds. The van der Waals surface area contributed by atoms with E-state index in [0.29, 0.717) is 0 Å². The van der Waals surface area contributed by atoms with Crippen LogP contribution in [-0.4, -0.2) is 22.9 Å². The smallest absolute Gasteiger partial charge is 0.156 e. The summed E-state index contributed by atoms with van der Waals surface area (Å²) in [6, 6.07) is 6.23. The Morgan fingerprint density at radius 2 is 2.00 bits per heavy atom. The summed E-state index contributed by atoms with van der Waals surface area (Å²) in [5, 5.41) is 9.46. The van der Waals surface area contributed by atoms with Gasteiger partial charge in [-0.1, -0.05) is 30.9 Å². The molecule has 2 aromatic heterocycles. The summed E-state index contributed by atoms with van der Waals surface area (Å²) in [5.41, 5.74) is 1.05. The number of hydrogen-bond acceptors (Lipinski definition) is 2. The van der Waals surface area contributed by atoms with Crippen molar-refractivity contribution in [1.82, 2.24) is 14.8 Å². The zero-order valence-electron chi connectivity index (χ0n) is 8.45. The first-order chi connectivity index (χ1) is 6.50. The summed E-state index contributed by atoms with van der Waals surface area (Å²) < 4.78 is 2.76. The molecule has 0 N–H and O–H groups in total. The van der Waals surface area contributed by atoms with Crippen molar-refractivity contribution in [2.24, 2.45) is 0 Å². The molecule has 2 heterocycles. The van der Waals surface area contributed by atoms with Crippen molar-refractivity contribution in [1.29, 1.82) is 0 Å². The predicted molar refractivity (Wildman–Crippen MR) is 63.7 cm³/mol. The van der Waals surface area contributed by atoms with Crippen molar-refractivity contribution < 1.29 is 0 Å². The third-order valence-corrected chi connectivity index (χ3v) is 4.65. The standard InChI is InChI=1S/C9H12BrN3Si/c1-14(2,3)8-6-4-5-7-9(10)11-12-13(7)8/h4-6H,1-3H3. The van der Waals surface area contributed by atoms with Gasteiger partial charge in [0.2, 0.25) is 0 Å². The molecule has 0 fully saturated rings. The number of hydrogen-bond donors (Lipinski definition) is 0. The number of fused-ring (bicyclic) bond motifs is 1. The molecule has 0 aliphatic rings. The van der Waals surface area contributed by atoms with Gasteiger partial charge in [0, 0.05) is 5.32 Å². The van der Waals surface area contributed by atoms with Crippen molar-refractivity contribution in [3.8, 4) is 0 Å². The molecule has 2 rings (SSSR count). The van der Waals surface area contributed by atoms with Crippen LogP contribution in [0.2, 0.25) is 19.6 Å². The monoisotopic (exact) mass is 269 g/mol. The molecule has 0 aromatic carbocycles. The zero-order valence-corrected chi connectivity index (χ0v) is 11.0. The van der Waals surface area contributed by atoms with E-state index in [1.54, 1.807) is 0 Å².